The normalized spacial score (nSPS) is 12.0. The Bertz CT molecular complexity index is 693. The number of sulfonamides is 1. The lowest BCUT2D eigenvalue weighted by Gasteiger charge is -2.19. The van der Waals surface area contributed by atoms with Gasteiger partial charge in [0.05, 0.1) is 4.90 Å². The zero-order chi connectivity index (χ0) is 15.5. The van der Waals surface area contributed by atoms with Crippen molar-refractivity contribution in [2.45, 2.75) is 24.5 Å². The molecule has 2 rings (SSSR count). The molecular weight excluding hydrogens is 300 g/mol. The highest BCUT2D eigenvalue weighted by atomic mass is 32.2. The smallest absolute Gasteiger partial charge is 0.261 e. The van der Waals surface area contributed by atoms with Gasteiger partial charge in [0, 0.05) is 11.4 Å². The molecule has 0 saturated heterocycles. The molecule has 0 unspecified atom stereocenters. The van der Waals surface area contributed by atoms with E-state index in [4.69, 9.17) is 0 Å². The van der Waals surface area contributed by atoms with E-state index in [1.807, 2.05) is 6.07 Å². The van der Waals surface area contributed by atoms with Crippen LogP contribution in [0.1, 0.15) is 0 Å². The molecular formula is C15H20N2O2SSi. The minimum Gasteiger partial charge on any atom is -0.411 e. The van der Waals surface area contributed by atoms with Gasteiger partial charge in [-0.3, -0.25) is 4.72 Å². The van der Waals surface area contributed by atoms with Crippen LogP contribution >= 0.6 is 0 Å². The molecule has 0 aliphatic carbocycles. The molecule has 0 aromatic heterocycles. The van der Waals surface area contributed by atoms with Crippen molar-refractivity contribution in [1.82, 2.24) is 0 Å². The second-order valence-electron chi connectivity index (χ2n) is 5.87. The zero-order valence-electron chi connectivity index (χ0n) is 12.4. The van der Waals surface area contributed by atoms with Crippen LogP contribution in [0, 0.1) is 0 Å². The predicted molar refractivity (Wildman–Crippen MR) is 90.7 cm³/mol. The van der Waals surface area contributed by atoms with Gasteiger partial charge in [0.15, 0.2) is 0 Å². The van der Waals surface area contributed by atoms with E-state index in [2.05, 4.69) is 29.3 Å². The Hall–Kier alpha value is -1.79. The maximum absolute atomic E-state index is 12.3. The van der Waals surface area contributed by atoms with Gasteiger partial charge in [0.25, 0.3) is 10.0 Å². The molecule has 0 heterocycles. The van der Waals surface area contributed by atoms with E-state index in [-0.39, 0.29) is 4.90 Å². The van der Waals surface area contributed by atoms with Crippen LogP contribution in [0.2, 0.25) is 19.6 Å². The molecule has 0 radical (unpaired) electrons. The number of para-hydroxylation sites is 1. The average molecular weight is 320 g/mol. The molecule has 2 aromatic rings. The maximum atomic E-state index is 12.3. The molecule has 6 heteroatoms. The summed E-state index contributed by atoms with van der Waals surface area (Å²) in [7, 11) is -4.98. The molecule has 0 atom stereocenters. The van der Waals surface area contributed by atoms with Gasteiger partial charge in [0.2, 0.25) is 0 Å². The Morgan fingerprint density at radius 2 is 1.38 bits per heavy atom. The Balaban J connectivity index is 2.18. The van der Waals surface area contributed by atoms with Gasteiger partial charge in [-0.05, 0) is 36.4 Å². The summed E-state index contributed by atoms with van der Waals surface area (Å²) in [5.74, 6) is 0. The van der Waals surface area contributed by atoms with Gasteiger partial charge in [0.1, 0.15) is 8.24 Å². The van der Waals surface area contributed by atoms with Crippen molar-refractivity contribution in [3.8, 4) is 0 Å². The lowest BCUT2D eigenvalue weighted by Crippen LogP contribution is -2.32. The molecule has 2 N–H and O–H groups in total. The maximum Gasteiger partial charge on any atom is 0.261 e. The third-order valence-corrected chi connectivity index (χ3v) is 5.15. The lowest BCUT2D eigenvalue weighted by atomic mass is 10.3. The second kappa shape index (κ2) is 5.91. The van der Waals surface area contributed by atoms with Gasteiger partial charge in [-0.2, -0.15) is 0 Å². The molecule has 0 fully saturated rings. The van der Waals surface area contributed by atoms with E-state index >= 15 is 0 Å². The minimum atomic E-state index is -3.54. The van der Waals surface area contributed by atoms with Crippen LogP contribution in [0.5, 0.6) is 0 Å². The molecule has 4 nitrogen and oxygen atoms in total. The lowest BCUT2D eigenvalue weighted by molar-refractivity contribution is 0.601. The van der Waals surface area contributed by atoms with Crippen molar-refractivity contribution in [2.75, 3.05) is 9.70 Å². The largest absolute Gasteiger partial charge is 0.411 e. The Morgan fingerprint density at radius 3 is 1.90 bits per heavy atom. The van der Waals surface area contributed by atoms with Gasteiger partial charge in [-0.25, -0.2) is 8.42 Å². The first-order chi connectivity index (χ1) is 9.76. The number of hydrogen-bond donors (Lipinski definition) is 2. The Kier molecular flexibility index (Phi) is 4.39. The highest BCUT2D eigenvalue weighted by Crippen LogP contribution is 2.19. The first-order valence-corrected chi connectivity index (χ1v) is 11.7. The summed E-state index contributed by atoms with van der Waals surface area (Å²) >= 11 is 0. The molecule has 0 bridgehead atoms. The average Bonchev–Trinajstić information content (AvgIpc) is 2.38. The topological polar surface area (TPSA) is 58.2 Å². The van der Waals surface area contributed by atoms with E-state index in [1.165, 1.54) is 0 Å². The van der Waals surface area contributed by atoms with Crippen molar-refractivity contribution in [3.05, 3.63) is 54.6 Å². The summed E-state index contributed by atoms with van der Waals surface area (Å²) < 4.78 is 27.1. The fraction of sp³-hybridized carbons (Fsp3) is 0.200. The minimum absolute atomic E-state index is 0.257. The third-order valence-electron chi connectivity index (χ3n) is 2.71. The first-order valence-electron chi connectivity index (χ1n) is 6.72. The molecule has 0 aliphatic heterocycles. The van der Waals surface area contributed by atoms with E-state index in [9.17, 15) is 8.42 Å². The van der Waals surface area contributed by atoms with E-state index in [0.717, 1.165) is 5.69 Å². The summed E-state index contributed by atoms with van der Waals surface area (Å²) in [5.41, 5.74) is 1.51. The molecule has 2 aromatic carbocycles. The van der Waals surface area contributed by atoms with E-state index in [1.54, 1.807) is 48.5 Å². The standard InChI is InChI=1S/C15H20N2O2SSi/c1-21(2,3)17-14-9-11-15(12-10-14)20(18,19)16-13-7-5-4-6-8-13/h4-12,16-17H,1-3H3. The van der Waals surface area contributed by atoms with Crippen molar-refractivity contribution in [3.63, 3.8) is 0 Å². The van der Waals surface area contributed by atoms with Crippen LogP contribution in [0.4, 0.5) is 11.4 Å². The predicted octanol–water partition coefficient (Wildman–Crippen LogP) is 3.73. The van der Waals surface area contributed by atoms with Crippen LogP contribution < -0.4 is 9.70 Å². The number of hydrogen-bond acceptors (Lipinski definition) is 3. The number of nitrogens with one attached hydrogen (secondary N) is 2. The van der Waals surface area contributed by atoms with Crippen molar-refractivity contribution in [2.24, 2.45) is 0 Å². The zero-order valence-corrected chi connectivity index (χ0v) is 14.2. The van der Waals surface area contributed by atoms with Gasteiger partial charge < -0.3 is 4.98 Å². The summed E-state index contributed by atoms with van der Waals surface area (Å²) in [6, 6.07) is 15.7. The van der Waals surface area contributed by atoms with Crippen molar-refractivity contribution < 1.29 is 8.42 Å². The first kappa shape index (κ1) is 15.6. The SMILES string of the molecule is C[Si](C)(C)Nc1ccc(S(=O)(=O)Nc2ccccc2)cc1. The second-order valence-corrected chi connectivity index (χ2v) is 12.3. The van der Waals surface area contributed by atoms with Crippen LogP contribution in [-0.4, -0.2) is 16.7 Å². The monoisotopic (exact) mass is 320 g/mol. The highest BCUT2D eigenvalue weighted by molar-refractivity contribution is 7.92. The number of benzene rings is 2. The Labute approximate surface area is 127 Å². The molecule has 0 saturated carbocycles. The summed E-state index contributed by atoms with van der Waals surface area (Å²) in [4.78, 5) is 3.69. The van der Waals surface area contributed by atoms with E-state index in [0.29, 0.717) is 5.69 Å². The van der Waals surface area contributed by atoms with Crippen LogP contribution in [0.15, 0.2) is 59.5 Å². The quantitative estimate of drug-likeness (QED) is 0.825. The Morgan fingerprint density at radius 1 is 0.810 bits per heavy atom. The number of anilines is 2. The summed E-state index contributed by atoms with van der Waals surface area (Å²) in [6.07, 6.45) is 0. The van der Waals surface area contributed by atoms with Gasteiger partial charge in [-0.1, -0.05) is 37.8 Å². The van der Waals surface area contributed by atoms with E-state index < -0.39 is 18.3 Å². The molecule has 0 aliphatic rings. The molecule has 21 heavy (non-hydrogen) atoms. The summed E-state index contributed by atoms with van der Waals surface area (Å²) in [6.45, 7) is 6.57. The summed E-state index contributed by atoms with van der Waals surface area (Å²) in [5, 5.41) is 0. The number of rotatable bonds is 5. The van der Waals surface area contributed by atoms with Gasteiger partial charge >= 0.3 is 0 Å². The molecule has 0 spiro atoms. The molecule has 0 amide bonds. The fourth-order valence-electron chi connectivity index (χ4n) is 1.87. The van der Waals surface area contributed by atoms with Crippen molar-refractivity contribution in [1.29, 1.82) is 0 Å². The van der Waals surface area contributed by atoms with Crippen molar-refractivity contribution >= 4 is 29.6 Å². The van der Waals surface area contributed by atoms with Crippen LogP contribution in [0.25, 0.3) is 0 Å². The van der Waals surface area contributed by atoms with Crippen LogP contribution in [-0.2, 0) is 10.0 Å². The fourth-order valence-corrected chi connectivity index (χ4v) is 3.96. The van der Waals surface area contributed by atoms with Crippen LogP contribution in [0.3, 0.4) is 0 Å². The molecule has 112 valence electrons. The highest BCUT2D eigenvalue weighted by Gasteiger charge is 2.16. The van der Waals surface area contributed by atoms with Gasteiger partial charge in [-0.15, -0.1) is 0 Å². The third kappa shape index (κ3) is 4.61.